The maximum Gasteiger partial charge on any atom is 0.261 e. The van der Waals surface area contributed by atoms with E-state index in [1.807, 2.05) is 50.4 Å². The second kappa shape index (κ2) is 9.89. The van der Waals surface area contributed by atoms with Crippen molar-refractivity contribution in [2.45, 2.75) is 53.6 Å². The lowest BCUT2D eigenvalue weighted by Gasteiger charge is -2.18. The highest BCUT2D eigenvalue weighted by molar-refractivity contribution is 5.61. The van der Waals surface area contributed by atoms with Gasteiger partial charge in [0.2, 0.25) is 5.88 Å². The molecule has 4 aromatic heterocycles. The molecule has 0 bridgehead atoms. The lowest BCUT2D eigenvalue weighted by atomic mass is 9.95. The number of aryl methyl sites for hydroxylation is 2. The van der Waals surface area contributed by atoms with Crippen molar-refractivity contribution in [2.75, 3.05) is 7.11 Å². The van der Waals surface area contributed by atoms with Crippen LogP contribution in [0.4, 0.5) is 0 Å². The second-order valence-corrected chi connectivity index (χ2v) is 9.75. The third-order valence-electron chi connectivity index (χ3n) is 5.84. The summed E-state index contributed by atoms with van der Waals surface area (Å²) in [6, 6.07) is 11.0. The van der Waals surface area contributed by atoms with Crippen LogP contribution in [0, 0.1) is 20.8 Å². The van der Waals surface area contributed by atoms with E-state index in [2.05, 4.69) is 35.7 Å². The fourth-order valence-corrected chi connectivity index (χ4v) is 3.82. The summed E-state index contributed by atoms with van der Waals surface area (Å²) in [6.45, 7) is 12.1. The van der Waals surface area contributed by atoms with Crippen LogP contribution in [0.1, 0.15) is 49.1 Å². The SMILES string of the molecule is COc1cccc(COc2cc(C)n(-c3ccnc(-c4nc(C(C)(C)C)ncc4C)c3)c(=O)c2C)n1. The number of pyridine rings is 3. The summed E-state index contributed by atoms with van der Waals surface area (Å²) in [5, 5.41) is 0. The van der Waals surface area contributed by atoms with Crippen molar-refractivity contribution in [3.63, 3.8) is 0 Å². The normalized spacial score (nSPS) is 11.4. The van der Waals surface area contributed by atoms with Crippen molar-refractivity contribution < 1.29 is 9.47 Å². The highest BCUT2D eigenvalue weighted by atomic mass is 16.5. The van der Waals surface area contributed by atoms with Crippen LogP contribution >= 0.6 is 0 Å². The van der Waals surface area contributed by atoms with Gasteiger partial charge in [-0.2, -0.15) is 0 Å². The molecule has 0 saturated heterocycles. The third kappa shape index (κ3) is 5.12. The minimum atomic E-state index is -0.194. The Hall–Kier alpha value is -4.07. The number of ether oxygens (including phenoxy) is 2. The number of methoxy groups -OCH3 is 1. The number of aromatic nitrogens is 5. The number of hydrogen-bond donors (Lipinski definition) is 0. The summed E-state index contributed by atoms with van der Waals surface area (Å²) in [4.78, 5) is 31.6. The van der Waals surface area contributed by atoms with E-state index in [-0.39, 0.29) is 17.6 Å². The van der Waals surface area contributed by atoms with Gasteiger partial charge < -0.3 is 9.47 Å². The molecule has 0 spiro atoms. The molecule has 0 N–H and O–H groups in total. The Morgan fingerprint density at radius 2 is 1.78 bits per heavy atom. The molecule has 0 fully saturated rings. The van der Waals surface area contributed by atoms with Crippen LogP contribution in [0.25, 0.3) is 17.1 Å². The minimum absolute atomic E-state index is 0.157. The molecule has 0 aliphatic carbocycles. The molecule has 0 aliphatic rings. The second-order valence-electron chi connectivity index (χ2n) is 9.75. The number of rotatable bonds is 6. The average Bonchev–Trinajstić information content (AvgIpc) is 2.85. The Bertz CT molecular complexity index is 1470. The van der Waals surface area contributed by atoms with Gasteiger partial charge in [0.15, 0.2) is 0 Å². The zero-order valence-electron chi connectivity index (χ0n) is 21.8. The van der Waals surface area contributed by atoms with Gasteiger partial charge in [0.1, 0.15) is 18.2 Å². The van der Waals surface area contributed by atoms with Gasteiger partial charge in [0, 0.05) is 35.6 Å². The summed E-state index contributed by atoms with van der Waals surface area (Å²) in [6.07, 6.45) is 3.52. The van der Waals surface area contributed by atoms with Gasteiger partial charge in [0.25, 0.3) is 5.56 Å². The van der Waals surface area contributed by atoms with Crippen LogP contribution in [-0.4, -0.2) is 31.6 Å². The molecular weight excluding hydrogens is 454 g/mol. The van der Waals surface area contributed by atoms with E-state index in [4.69, 9.17) is 14.5 Å². The molecule has 36 heavy (non-hydrogen) atoms. The maximum absolute atomic E-state index is 13.4. The minimum Gasteiger partial charge on any atom is -0.487 e. The van der Waals surface area contributed by atoms with E-state index in [9.17, 15) is 4.79 Å². The zero-order chi connectivity index (χ0) is 26.0. The van der Waals surface area contributed by atoms with E-state index < -0.39 is 0 Å². The van der Waals surface area contributed by atoms with Crippen molar-refractivity contribution in [1.82, 2.24) is 24.5 Å². The van der Waals surface area contributed by atoms with Crippen molar-refractivity contribution in [3.8, 4) is 28.7 Å². The van der Waals surface area contributed by atoms with Crippen molar-refractivity contribution in [3.05, 3.63) is 87.5 Å². The van der Waals surface area contributed by atoms with E-state index in [0.717, 1.165) is 22.8 Å². The molecule has 186 valence electrons. The Labute approximate surface area is 211 Å². The highest BCUT2D eigenvalue weighted by Crippen LogP contribution is 2.26. The quantitative estimate of drug-likeness (QED) is 0.384. The molecule has 4 heterocycles. The Balaban J connectivity index is 1.69. The third-order valence-corrected chi connectivity index (χ3v) is 5.84. The van der Waals surface area contributed by atoms with Crippen LogP contribution in [0.15, 0.2) is 53.6 Å². The first-order valence-electron chi connectivity index (χ1n) is 11.8. The molecule has 0 atom stereocenters. The molecule has 0 aliphatic heterocycles. The first-order chi connectivity index (χ1) is 17.1. The summed E-state index contributed by atoms with van der Waals surface area (Å²) in [5.74, 6) is 1.78. The highest BCUT2D eigenvalue weighted by Gasteiger charge is 2.20. The first-order valence-corrected chi connectivity index (χ1v) is 11.8. The van der Waals surface area contributed by atoms with Gasteiger partial charge >= 0.3 is 0 Å². The predicted octanol–water partition coefficient (Wildman–Crippen LogP) is 4.89. The molecule has 0 amide bonds. The van der Waals surface area contributed by atoms with Gasteiger partial charge in [-0.25, -0.2) is 15.0 Å². The van der Waals surface area contributed by atoms with Crippen molar-refractivity contribution in [2.24, 2.45) is 0 Å². The molecule has 0 saturated carbocycles. The average molecular weight is 486 g/mol. The molecule has 0 unspecified atom stereocenters. The molecule has 0 radical (unpaired) electrons. The Kier molecular flexibility index (Phi) is 6.88. The molecule has 4 rings (SSSR count). The van der Waals surface area contributed by atoms with Gasteiger partial charge in [-0.15, -0.1) is 0 Å². The molecular formula is C28H31N5O3. The van der Waals surface area contributed by atoms with Crippen molar-refractivity contribution >= 4 is 0 Å². The Morgan fingerprint density at radius 3 is 2.50 bits per heavy atom. The van der Waals surface area contributed by atoms with E-state index in [1.165, 1.54) is 0 Å². The van der Waals surface area contributed by atoms with Gasteiger partial charge in [0.05, 0.1) is 35.4 Å². The fourth-order valence-electron chi connectivity index (χ4n) is 3.82. The zero-order valence-corrected chi connectivity index (χ0v) is 21.8. The van der Waals surface area contributed by atoms with E-state index in [0.29, 0.717) is 34.3 Å². The smallest absolute Gasteiger partial charge is 0.261 e. The lowest BCUT2D eigenvalue weighted by molar-refractivity contribution is 0.294. The summed E-state index contributed by atoms with van der Waals surface area (Å²) in [5.41, 5.74) is 4.68. The number of nitrogens with zero attached hydrogens (tertiary/aromatic N) is 5. The van der Waals surface area contributed by atoms with Gasteiger partial charge in [-0.1, -0.05) is 26.8 Å². The molecule has 0 aromatic carbocycles. The lowest BCUT2D eigenvalue weighted by Crippen LogP contribution is -2.23. The van der Waals surface area contributed by atoms with E-state index >= 15 is 0 Å². The summed E-state index contributed by atoms with van der Waals surface area (Å²) in [7, 11) is 1.57. The molecule has 4 aromatic rings. The number of hydrogen-bond acceptors (Lipinski definition) is 7. The standard InChI is InChI=1S/C28H31N5O3/c1-17-15-30-27(28(4,5)6)32-25(17)22-14-21(11-12-29-22)33-18(2)13-23(19(3)26(33)34)36-16-20-9-8-10-24(31-20)35-7/h8-15H,16H2,1-7H3. The first kappa shape index (κ1) is 25.0. The predicted molar refractivity (Wildman–Crippen MR) is 139 cm³/mol. The van der Waals surface area contributed by atoms with Gasteiger partial charge in [-0.3, -0.25) is 14.3 Å². The van der Waals surface area contributed by atoms with Crippen LogP contribution in [0.5, 0.6) is 11.6 Å². The van der Waals surface area contributed by atoms with Crippen LogP contribution in [0.2, 0.25) is 0 Å². The van der Waals surface area contributed by atoms with E-state index in [1.54, 1.807) is 30.9 Å². The van der Waals surface area contributed by atoms with Gasteiger partial charge in [-0.05, 0) is 44.5 Å². The maximum atomic E-state index is 13.4. The molecule has 8 nitrogen and oxygen atoms in total. The topological polar surface area (TPSA) is 92.0 Å². The largest absolute Gasteiger partial charge is 0.487 e. The Morgan fingerprint density at radius 1 is 1.00 bits per heavy atom. The monoisotopic (exact) mass is 485 g/mol. The summed E-state index contributed by atoms with van der Waals surface area (Å²) < 4.78 is 12.8. The molecule has 8 heteroatoms. The fraction of sp³-hybridized carbons (Fsp3) is 0.321. The summed E-state index contributed by atoms with van der Waals surface area (Å²) >= 11 is 0. The van der Waals surface area contributed by atoms with Crippen LogP contribution < -0.4 is 15.0 Å². The van der Waals surface area contributed by atoms with Crippen LogP contribution in [0.3, 0.4) is 0 Å². The van der Waals surface area contributed by atoms with Crippen molar-refractivity contribution in [1.29, 1.82) is 0 Å². The van der Waals surface area contributed by atoms with Crippen LogP contribution in [-0.2, 0) is 12.0 Å².